The second-order valence-corrected chi connectivity index (χ2v) is 6.50. The summed E-state index contributed by atoms with van der Waals surface area (Å²) in [7, 11) is 0. The minimum atomic E-state index is -2.39. The Balaban J connectivity index is 1.81. The van der Waals surface area contributed by atoms with Gasteiger partial charge >= 0.3 is 17.9 Å². The molecule has 0 bridgehead atoms. The molecule has 27 heavy (non-hydrogen) atoms. The topological polar surface area (TPSA) is 127 Å². The van der Waals surface area contributed by atoms with Crippen molar-refractivity contribution >= 4 is 17.9 Å². The molecule has 7 nitrogen and oxygen atoms in total. The van der Waals surface area contributed by atoms with Gasteiger partial charge in [-0.15, -0.1) is 0 Å². The first-order valence-electron chi connectivity index (χ1n) is 8.44. The molecule has 0 unspecified atom stereocenters. The number of benzene rings is 2. The summed E-state index contributed by atoms with van der Waals surface area (Å²) in [5.41, 5.74) is 7.32. The molecule has 0 amide bonds. The van der Waals surface area contributed by atoms with Gasteiger partial charge in [-0.3, -0.25) is 4.79 Å². The lowest BCUT2D eigenvalue weighted by molar-refractivity contribution is -0.161. The van der Waals surface area contributed by atoms with Gasteiger partial charge in [0, 0.05) is 12.3 Å². The number of carboxylic acid groups (broad SMARTS) is 2. The number of esters is 1. The molecule has 0 saturated carbocycles. The van der Waals surface area contributed by atoms with Crippen LogP contribution in [0, 0.1) is 0 Å². The number of carboxylic acids is 2. The fourth-order valence-electron chi connectivity index (χ4n) is 3.33. The van der Waals surface area contributed by atoms with Crippen LogP contribution in [0.15, 0.2) is 48.5 Å². The molecular weight excluding hydrogens is 350 g/mol. The first kappa shape index (κ1) is 18.6. The van der Waals surface area contributed by atoms with Gasteiger partial charge in [0.2, 0.25) is 5.54 Å². The third-order valence-corrected chi connectivity index (χ3v) is 4.82. The van der Waals surface area contributed by atoms with E-state index in [9.17, 15) is 19.5 Å². The van der Waals surface area contributed by atoms with Crippen LogP contribution in [0.25, 0.3) is 11.1 Å². The van der Waals surface area contributed by atoms with Gasteiger partial charge in [0.05, 0.1) is 0 Å². The number of hydrogen-bond donors (Lipinski definition) is 3. The predicted octanol–water partition coefficient (Wildman–Crippen LogP) is 1.99. The Hall–Kier alpha value is -3.19. The molecule has 0 fully saturated rings. The van der Waals surface area contributed by atoms with Gasteiger partial charge in [-0.05, 0) is 28.7 Å². The standard InChI is InChI=1S/C20H19NO6/c21-20(18(24)25,10-9-17(22)23)19(26)27-11-16-14-7-3-1-5-12(14)13-6-2-4-8-15(13)16/h1-8,16H,9-11,21H2,(H,22,23)(H,24,25)/t20-/m0/s1. The van der Waals surface area contributed by atoms with Crippen molar-refractivity contribution in [3.63, 3.8) is 0 Å². The van der Waals surface area contributed by atoms with E-state index < -0.39 is 36.3 Å². The van der Waals surface area contributed by atoms with Crippen molar-refractivity contribution in [2.75, 3.05) is 6.61 Å². The van der Waals surface area contributed by atoms with Crippen molar-refractivity contribution in [3.8, 4) is 11.1 Å². The Kier molecular flexibility index (Phi) is 4.96. The molecule has 2 aromatic rings. The van der Waals surface area contributed by atoms with Crippen molar-refractivity contribution in [2.24, 2.45) is 5.73 Å². The number of nitrogens with two attached hydrogens (primary N) is 1. The van der Waals surface area contributed by atoms with E-state index in [1.54, 1.807) is 0 Å². The predicted molar refractivity (Wildman–Crippen MR) is 96.1 cm³/mol. The Labute approximate surface area is 155 Å². The van der Waals surface area contributed by atoms with Gasteiger partial charge in [-0.2, -0.15) is 0 Å². The molecule has 7 heteroatoms. The lowest BCUT2D eigenvalue weighted by Crippen LogP contribution is -2.56. The van der Waals surface area contributed by atoms with Gasteiger partial charge in [-0.1, -0.05) is 48.5 Å². The van der Waals surface area contributed by atoms with E-state index in [1.807, 2.05) is 48.5 Å². The molecule has 0 saturated heterocycles. The molecule has 0 radical (unpaired) electrons. The molecule has 1 aliphatic carbocycles. The Morgan fingerprint density at radius 3 is 1.96 bits per heavy atom. The molecule has 0 heterocycles. The zero-order valence-corrected chi connectivity index (χ0v) is 14.4. The Bertz CT molecular complexity index is 863. The van der Waals surface area contributed by atoms with Crippen molar-refractivity contribution in [1.29, 1.82) is 0 Å². The van der Waals surface area contributed by atoms with E-state index in [0.29, 0.717) is 0 Å². The summed E-state index contributed by atoms with van der Waals surface area (Å²) in [4.78, 5) is 34.6. The smallest absolute Gasteiger partial charge is 0.337 e. The van der Waals surface area contributed by atoms with E-state index in [1.165, 1.54) is 0 Å². The van der Waals surface area contributed by atoms with E-state index in [4.69, 9.17) is 15.6 Å². The molecule has 1 atom stereocenters. The highest BCUT2D eigenvalue weighted by Crippen LogP contribution is 2.44. The second-order valence-electron chi connectivity index (χ2n) is 6.50. The Morgan fingerprint density at radius 2 is 1.48 bits per heavy atom. The maximum Gasteiger partial charge on any atom is 0.337 e. The van der Waals surface area contributed by atoms with E-state index in [2.05, 4.69) is 0 Å². The number of carbonyl (C=O) groups excluding carboxylic acids is 1. The number of aliphatic carboxylic acids is 2. The van der Waals surface area contributed by atoms with Crippen LogP contribution in [0.1, 0.15) is 29.9 Å². The van der Waals surface area contributed by atoms with Crippen LogP contribution in [0.2, 0.25) is 0 Å². The summed E-state index contributed by atoms with van der Waals surface area (Å²) >= 11 is 0. The molecule has 0 aliphatic heterocycles. The molecule has 1 aliphatic rings. The van der Waals surface area contributed by atoms with E-state index in [-0.39, 0.29) is 12.5 Å². The van der Waals surface area contributed by atoms with Crippen LogP contribution in [0.5, 0.6) is 0 Å². The van der Waals surface area contributed by atoms with E-state index >= 15 is 0 Å². The first-order valence-corrected chi connectivity index (χ1v) is 8.44. The highest BCUT2D eigenvalue weighted by Gasteiger charge is 2.44. The quantitative estimate of drug-likeness (QED) is 0.503. The highest BCUT2D eigenvalue weighted by atomic mass is 16.5. The van der Waals surface area contributed by atoms with Crippen LogP contribution in [0.4, 0.5) is 0 Å². The van der Waals surface area contributed by atoms with Crippen LogP contribution >= 0.6 is 0 Å². The maximum atomic E-state index is 12.4. The largest absolute Gasteiger partial charge is 0.481 e. The van der Waals surface area contributed by atoms with Crippen LogP contribution < -0.4 is 5.73 Å². The lowest BCUT2D eigenvalue weighted by Gasteiger charge is -2.23. The minimum absolute atomic E-state index is 0.0772. The van der Waals surface area contributed by atoms with E-state index in [0.717, 1.165) is 22.3 Å². The summed E-state index contributed by atoms with van der Waals surface area (Å²) in [5, 5.41) is 18.1. The van der Waals surface area contributed by atoms with Gasteiger partial charge in [0.1, 0.15) is 6.61 Å². The molecular formula is C20H19NO6. The molecule has 4 N–H and O–H groups in total. The summed E-state index contributed by atoms with van der Waals surface area (Å²) in [6.07, 6.45) is -1.10. The molecule has 140 valence electrons. The van der Waals surface area contributed by atoms with Gasteiger partial charge in [0.25, 0.3) is 0 Å². The number of ether oxygens (including phenoxy) is 1. The van der Waals surface area contributed by atoms with Crippen molar-refractivity contribution < 1.29 is 29.3 Å². The normalized spacial score (nSPS) is 14.7. The summed E-state index contributed by atoms with van der Waals surface area (Å²) in [6, 6.07) is 15.4. The SMILES string of the molecule is N[C@@](CCC(=O)O)(C(=O)O)C(=O)OCC1c2ccccc2-c2ccccc21. The van der Waals surface area contributed by atoms with Crippen molar-refractivity contribution in [2.45, 2.75) is 24.3 Å². The monoisotopic (exact) mass is 369 g/mol. The molecule has 0 aromatic heterocycles. The molecule has 0 spiro atoms. The van der Waals surface area contributed by atoms with Gasteiger partial charge in [0.15, 0.2) is 0 Å². The van der Waals surface area contributed by atoms with Crippen LogP contribution in [0.3, 0.4) is 0 Å². The first-order chi connectivity index (χ1) is 12.8. The molecule has 2 aromatic carbocycles. The fraction of sp³-hybridized carbons (Fsp3) is 0.250. The van der Waals surface area contributed by atoms with Gasteiger partial charge in [-0.25, -0.2) is 9.59 Å². The minimum Gasteiger partial charge on any atom is -0.481 e. The average molecular weight is 369 g/mol. The number of rotatable bonds is 7. The highest BCUT2D eigenvalue weighted by molar-refractivity contribution is 6.04. The summed E-state index contributed by atoms with van der Waals surface area (Å²) in [6.45, 7) is -0.0772. The summed E-state index contributed by atoms with van der Waals surface area (Å²) in [5.74, 6) is -4.23. The zero-order chi connectivity index (χ0) is 19.6. The van der Waals surface area contributed by atoms with Crippen LogP contribution in [-0.4, -0.2) is 40.3 Å². The van der Waals surface area contributed by atoms with Crippen molar-refractivity contribution in [3.05, 3.63) is 59.7 Å². The maximum absolute atomic E-state index is 12.4. The third-order valence-electron chi connectivity index (χ3n) is 4.82. The summed E-state index contributed by atoms with van der Waals surface area (Å²) < 4.78 is 5.26. The van der Waals surface area contributed by atoms with Crippen molar-refractivity contribution in [1.82, 2.24) is 0 Å². The number of fused-ring (bicyclic) bond motifs is 3. The molecule has 3 rings (SSSR count). The third kappa shape index (κ3) is 3.41. The lowest BCUT2D eigenvalue weighted by atomic mass is 9.94. The fourth-order valence-corrected chi connectivity index (χ4v) is 3.33. The van der Waals surface area contributed by atoms with Gasteiger partial charge < -0.3 is 20.7 Å². The zero-order valence-electron chi connectivity index (χ0n) is 14.4. The van der Waals surface area contributed by atoms with Crippen LogP contribution in [-0.2, 0) is 19.1 Å². The second kappa shape index (κ2) is 7.20. The average Bonchev–Trinajstić information content (AvgIpc) is 2.98. The number of carbonyl (C=O) groups is 3. The number of hydrogen-bond acceptors (Lipinski definition) is 5. The Morgan fingerprint density at radius 1 is 0.963 bits per heavy atom.